The number of hydrogen-bond acceptors (Lipinski definition) is 3. The van der Waals surface area contributed by atoms with Crippen LogP contribution in [0, 0.1) is 11.3 Å². The fourth-order valence-electron chi connectivity index (χ4n) is 0.615. The lowest BCUT2D eigenvalue weighted by Gasteiger charge is -2.22. The Hall–Kier alpha value is -0.870. The van der Waals surface area contributed by atoms with Crippen molar-refractivity contribution in [2.24, 2.45) is 0 Å². The second-order valence-corrected chi connectivity index (χ2v) is 3.25. The smallest absolute Gasteiger partial charge is 0.330 e. The first-order valence-corrected chi connectivity index (χ1v) is 4.11. The molecule has 0 aliphatic rings. The Morgan fingerprint density at radius 1 is 1.40 bits per heavy atom. The first-order chi connectivity index (χ1) is 6.77. The van der Waals surface area contributed by atoms with Crippen LogP contribution in [0.1, 0.15) is 6.92 Å². The molecule has 0 saturated carbocycles. The fourth-order valence-corrected chi connectivity index (χ4v) is 0.615. The normalized spacial score (nSPS) is 16.1. The van der Waals surface area contributed by atoms with E-state index in [1.54, 1.807) is 6.07 Å². The van der Waals surface area contributed by atoms with E-state index in [1.807, 2.05) is 0 Å². The Labute approximate surface area is 85.0 Å². The van der Waals surface area contributed by atoms with Crippen molar-refractivity contribution in [2.75, 3.05) is 20.3 Å². The quantitative estimate of drug-likeness (QED) is 0.699. The molecule has 0 saturated heterocycles. The van der Waals surface area contributed by atoms with Crippen molar-refractivity contribution in [3.63, 3.8) is 0 Å². The summed E-state index contributed by atoms with van der Waals surface area (Å²) in [6, 6.07) is 1.78. The monoisotopic (exact) mass is 228 g/mol. The van der Waals surface area contributed by atoms with Gasteiger partial charge in [-0.25, -0.2) is 8.78 Å². The zero-order valence-electron chi connectivity index (χ0n) is 8.36. The van der Waals surface area contributed by atoms with Gasteiger partial charge in [0.2, 0.25) is 0 Å². The number of alkyl halides is 4. The molecule has 0 heterocycles. The zero-order chi connectivity index (χ0) is 12.1. The lowest BCUT2D eigenvalue weighted by Crippen LogP contribution is -2.44. The Balaban J connectivity index is 4.05. The SMILES string of the molecule is CNC(C)(C#N)COCC(F)(F)C(F)F. The Morgan fingerprint density at radius 3 is 2.27 bits per heavy atom. The van der Waals surface area contributed by atoms with Crippen LogP contribution in [0.2, 0.25) is 0 Å². The molecule has 1 N–H and O–H groups in total. The van der Waals surface area contributed by atoms with Crippen molar-refractivity contribution in [1.29, 1.82) is 5.26 Å². The minimum Gasteiger partial charge on any atom is -0.372 e. The van der Waals surface area contributed by atoms with Crippen molar-refractivity contribution in [3.8, 4) is 6.07 Å². The van der Waals surface area contributed by atoms with Gasteiger partial charge in [0.15, 0.2) is 0 Å². The van der Waals surface area contributed by atoms with E-state index in [0.717, 1.165) is 0 Å². The number of ether oxygens (including phenoxy) is 1. The van der Waals surface area contributed by atoms with Crippen LogP contribution in [0.5, 0.6) is 0 Å². The summed E-state index contributed by atoms with van der Waals surface area (Å²) in [6.45, 7) is -0.376. The maximum absolute atomic E-state index is 12.4. The minimum atomic E-state index is -4.18. The van der Waals surface area contributed by atoms with Gasteiger partial charge < -0.3 is 10.1 Å². The van der Waals surface area contributed by atoms with Gasteiger partial charge in [0, 0.05) is 0 Å². The molecule has 0 aromatic carbocycles. The van der Waals surface area contributed by atoms with Gasteiger partial charge in [-0.2, -0.15) is 14.0 Å². The summed E-state index contributed by atoms with van der Waals surface area (Å²) in [5, 5.41) is 11.1. The average Bonchev–Trinajstić information content (AvgIpc) is 2.17. The van der Waals surface area contributed by atoms with E-state index in [-0.39, 0.29) is 6.61 Å². The van der Waals surface area contributed by atoms with E-state index in [4.69, 9.17) is 5.26 Å². The molecule has 0 aliphatic heterocycles. The topological polar surface area (TPSA) is 45.0 Å². The molecule has 0 bridgehead atoms. The maximum Gasteiger partial charge on any atom is 0.330 e. The van der Waals surface area contributed by atoms with Crippen molar-refractivity contribution >= 4 is 0 Å². The molecule has 88 valence electrons. The number of likely N-dealkylation sites (N-methyl/N-ethyl adjacent to an activating group) is 1. The second-order valence-electron chi connectivity index (χ2n) is 3.25. The number of nitrogens with one attached hydrogen (secondary N) is 1. The van der Waals surface area contributed by atoms with E-state index in [1.165, 1.54) is 14.0 Å². The van der Waals surface area contributed by atoms with Crippen molar-refractivity contribution < 1.29 is 22.3 Å². The number of rotatable bonds is 6. The van der Waals surface area contributed by atoms with Crippen LogP contribution >= 0.6 is 0 Å². The summed E-state index contributed by atoms with van der Waals surface area (Å²) in [6.07, 6.45) is -3.76. The Kier molecular flexibility index (Phi) is 4.97. The van der Waals surface area contributed by atoms with E-state index >= 15 is 0 Å². The van der Waals surface area contributed by atoms with Gasteiger partial charge in [-0.3, -0.25) is 0 Å². The first-order valence-electron chi connectivity index (χ1n) is 4.11. The number of hydrogen-bond donors (Lipinski definition) is 1. The highest BCUT2D eigenvalue weighted by molar-refractivity contribution is 5.03. The van der Waals surface area contributed by atoms with E-state index in [9.17, 15) is 17.6 Å². The van der Waals surface area contributed by atoms with Gasteiger partial charge in [0.25, 0.3) is 0 Å². The first kappa shape index (κ1) is 14.1. The highest BCUT2D eigenvalue weighted by Crippen LogP contribution is 2.23. The summed E-state index contributed by atoms with van der Waals surface area (Å²) in [5.41, 5.74) is -1.15. The lowest BCUT2D eigenvalue weighted by molar-refractivity contribution is -0.168. The molecule has 0 fully saturated rings. The average molecular weight is 228 g/mol. The number of nitriles is 1. The summed E-state index contributed by atoms with van der Waals surface area (Å²) >= 11 is 0. The summed E-state index contributed by atoms with van der Waals surface area (Å²) < 4.78 is 52.5. The van der Waals surface area contributed by atoms with Crippen LogP contribution < -0.4 is 5.32 Å². The van der Waals surface area contributed by atoms with Gasteiger partial charge in [-0.1, -0.05) is 0 Å². The molecule has 0 rings (SSSR count). The molecule has 0 aliphatic carbocycles. The van der Waals surface area contributed by atoms with E-state index in [2.05, 4.69) is 10.1 Å². The van der Waals surface area contributed by atoms with Crippen LogP contribution in [0.4, 0.5) is 17.6 Å². The molecular formula is C8H12F4N2O. The second kappa shape index (κ2) is 5.28. The third kappa shape index (κ3) is 4.44. The summed E-state index contributed by atoms with van der Waals surface area (Å²) in [5.74, 6) is -4.18. The summed E-state index contributed by atoms with van der Waals surface area (Å²) in [4.78, 5) is 0. The molecule has 3 nitrogen and oxygen atoms in total. The minimum absolute atomic E-state index is 0.387. The standard InChI is InChI=1S/C8H12F4N2O/c1-7(3-13,14-2)4-15-5-8(11,12)6(9)10/h6,14H,4-5H2,1-2H3. The van der Waals surface area contributed by atoms with Crippen LogP contribution in [0.15, 0.2) is 0 Å². The molecule has 0 aromatic heterocycles. The molecule has 0 radical (unpaired) electrons. The number of nitrogens with zero attached hydrogens (tertiary/aromatic N) is 1. The molecule has 1 atom stereocenters. The van der Waals surface area contributed by atoms with Gasteiger partial charge in [-0.15, -0.1) is 0 Å². The Bertz CT molecular complexity index is 241. The predicted molar refractivity (Wildman–Crippen MR) is 44.8 cm³/mol. The van der Waals surface area contributed by atoms with Crippen molar-refractivity contribution in [2.45, 2.75) is 24.8 Å². The van der Waals surface area contributed by atoms with Gasteiger partial charge in [-0.05, 0) is 14.0 Å². The molecule has 7 heteroatoms. The van der Waals surface area contributed by atoms with Crippen molar-refractivity contribution in [3.05, 3.63) is 0 Å². The molecule has 0 aromatic rings. The van der Waals surface area contributed by atoms with Crippen LogP contribution in [0.25, 0.3) is 0 Å². The summed E-state index contributed by atoms with van der Waals surface area (Å²) in [7, 11) is 1.44. The highest BCUT2D eigenvalue weighted by Gasteiger charge is 2.41. The third-order valence-electron chi connectivity index (χ3n) is 1.80. The van der Waals surface area contributed by atoms with Gasteiger partial charge in [0.1, 0.15) is 12.1 Å². The highest BCUT2D eigenvalue weighted by atomic mass is 19.3. The molecule has 1 unspecified atom stereocenters. The largest absolute Gasteiger partial charge is 0.372 e. The lowest BCUT2D eigenvalue weighted by atomic mass is 10.1. The van der Waals surface area contributed by atoms with Crippen molar-refractivity contribution in [1.82, 2.24) is 5.32 Å². The Morgan fingerprint density at radius 2 is 1.93 bits per heavy atom. The van der Waals surface area contributed by atoms with Gasteiger partial charge in [0.05, 0.1) is 12.7 Å². The molecular weight excluding hydrogens is 216 g/mol. The third-order valence-corrected chi connectivity index (χ3v) is 1.80. The van der Waals surface area contributed by atoms with Gasteiger partial charge >= 0.3 is 12.3 Å². The number of halogens is 4. The van der Waals surface area contributed by atoms with E-state index < -0.39 is 24.5 Å². The fraction of sp³-hybridized carbons (Fsp3) is 0.875. The van der Waals surface area contributed by atoms with Crippen LogP contribution in [-0.4, -0.2) is 38.1 Å². The zero-order valence-corrected chi connectivity index (χ0v) is 8.36. The predicted octanol–water partition coefficient (Wildman–Crippen LogP) is 1.41. The van der Waals surface area contributed by atoms with Crippen LogP contribution in [0.3, 0.4) is 0 Å². The molecule has 15 heavy (non-hydrogen) atoms. The molecule has 0 amide bonds. The molecule has 0 spiro atoms. The van der Waals surface area contributed by atoms with E-state index in [0.29, 0.717) is 0 Å². The maximum atomic E-state index is 12.4. The van der Waals surface area contributed by atoms with Crippen LogP contribution in [-0.2, 0) is 4.74 Å².